The Morgan fingerprint density at radius 1 is 1.13 bits per heavy atom. The molecular weight excluding hydrogens is 184 g/mol. The molecule has 0 radical (unpaired) electrons. The summed E-state index contributed by atoms with van der Waals surface area (Å²) in [5.74, 6) is 1.68. The van der Waals surface area contributed by atoms with E-state index in [9.17, 15) is 0 Å². The molecule has 2 heteroatoms. The van der Waals surface area contributed by atoms with E-state index in [2.05, 4.69) is 32.6 Å². The predicted molar refractivity (Wildman–Crippen MR) is 66.9 cm³/mol. The lowest BCUT2D eigenvalue weighted by Gasteiger charge is -2.40. The third-order valence-electron chi connectivity index (χ3n) is 3.89. The van der Waals surface area contributed by atoms with Crippen molar-refractivity contribution in [1.82, 2.24) is 4.90 Å². The SMILES string of the molecule is CCC(N)(CC)CN1CC(C)CC(C)C1. The highest BCUT2D eigenvalue weighted by Crippen LogP contribution is 2.23. The highest BCUT2D eigenvalue weighted by atomic mass is 15.2. The van der Waals surface area contributed by atoms with Gasteiger partial charge in [0.2, 0.25) is 0 Å². The summed E-state index contributed by atoms with van der Waals surface area (Å²) in [6, 6.07) is 0. The van der Waals surface area contributed by atoms with Crippen LogP contribution in [0.2, 0.25) is 0 Å². The van der Waals surface area contributed by atoms with Crippen molar-refractivity contribution in [3.05, 3.63) is 0 Å². The maximum Gasteiger partial charge on any atom is 0.0278 e. The van der Waals surface area contributed by atoms with Crippen molar-refractivity contribution in [2.75, 3.05) is 19.6 Å². The highest BCUT2D eigenvalue weighted by molar-refractivity contribution is 4.87. The van der Waals surface area contributed by atoms with E-state index < -0.39 is 0 Å². The van der Waals surface area contributed by atoms with Crippen LogP contribution in [0, 0.1) is 11.8 Å². The maximum atomic E-state index is 6.38. The second kappa shape index (κ2) is 5.31. The zero-order valence-electron chi connectivity index (χ0n) is 10.9. The first-order valence-electron chi connectivity index (χ1n) is 6.50. The smallest absolute Gasteiger partial charge is 0.0278 e. The summed E-state index contributed by atoms with van der Waals surface area (Å²) in [4.78, 5) is 2.58. The van der Waals surface area contributed by atoms with Crippen molar-refractivity contribution in [2.45, 2.75) is 52.5 Å². The van der Waals surface area contributed by atoms with Gasteiger partial charge >= 0.3 is 0 Å². The minimum absolute atomic E-state index is 0.0385. The fourth-order valence-electron chi connectivity index (χ4n) is 2.84. The van der Waals surface area contributed by atoms with E-state index in [4.69, 9.17) is 5.73 Å². The first kappa shape index (κ1) is 13.0. The summed E-state index contributed by atoms with van der Waals surface area (Å²) in [7, 11) is 0. The summed E-state index contributed by atoms with van der Waals surface area (Å²) >= 11 is 0. The molecule has 0 spiro atoms. The van der Waals surface area contributed by atoms with Gasteiger partial charge in [-0.1, -0.05) is 27.7 Å². The molecule has 2 atom stereocenters. The number of likely N-dealkylation sites (tertiary alicyclic amines) is 1. The molecule has 0 aliphatic carbocycles. The molecule has 1 fully saturated rings. The second-order valence-electron chi connectivity index (χ2n) is 5.71. The molecule has 1 aliphatic heterocycles. The van der Waals surface area contributed by atoms with Gasteiger partial charge < -0.3 is 10.6 Å². The minimum Gasteiger partial charge on any atom is -0.324 e. The van der Waals surface area contributed by atoms with Gasteiger partial charge in [-0.05, 0) is 31.1 Å². The van der Waals surface area contributed by atoms with Gasteiger partial charge in [0, 0.05) is 25.2 Å². The molecule has 1 rings (SSSR count). The van der Waals surface area contributed by atoms with E-state index in [1.54, 1.807) is 0 Å². The highest BCUT2D eigenvalue weighted by Gasteiger charge is 2.28. The van der Waals surface area contributed by atoms with Gasteiger partial charge in [0.25, 0.3) is 0 Å². The summed E-state index contributed by atoms with van der Waals surface area (Å²) in [6.45, 7) is 12.7. The Morgan fingerprint density at radius 3 is 2.00 bits per heavy atom. The quantitative estimate of drug-likeness (QED) is 0.776. The minimum atomic E-state index is 0.0385. The average molecular weight is 212 g/mol. The Morgan fingerprint density at radius 2 is 1.60 bits per heavy atom. The molecule has 90 valence electrons. The molecule has 0 aromatic carbocycles. The van der Waals surface area contributed by atoms with Crippen LogP contribution in [-0.2, 0) is 0 Å². The second-order valence-corrected chi connectivity index (χ2v) is 5.71. The molecule has 0 amide bonds. The normalized spacial score (nSPS) is 29.4. The molecule has 0 aromatic rings. The van der Waals surface area contributed by atoms with Crippen LogP contribution < -0.4 is 5.73 Å². The number of rotatable bonds is 4. The van der Waals surface area contributed by atoms with Crippen LogP contribution in [0.1, 0.15) is 47.0 Å². The van der Waals surface area contributed by atoms with Crippen molar-refractivity contribution in [3.8, 4) is 0 Å². The summed E-state index contributed by atoms with van der Waals surface area (Å²) in [5, 5.41) is 0. The first-order chi connectivity index (χ1) is 6.99. The topological polar surface area (TPSA) is 29.3 Å². The molecule has 0 bridgehead atoms. The zero-order valence-corrected chi connectivity index (χ0v) is 10.9. The van der Waals surface area contributed by atoms with E-state index in [1.807, 2.05) is 0 Å². The first-order valence-corrected chi connectivity index (χ1v) is 6.50. The van der Waals surface area contributed by atoms with Crippen molar-refractivity contribution in [2.24, 2.45) is 17.6 Å². The maximum absolute atomic E-state index is 6.38. The van der Waals surface area contributed by atoms with Crippen molar-refractivity contribution >= 4 is 0 Å². The number of hydrogen-bond donors (Lipinski definition) is 1. The standard InChI is InChI=1S/C13H28N2/c1-5-13(14,6-2)10-15-8-11(3)7-12(4)9-15/h11-12H,5-10,14H2,1-4H3. The van der Waals surface area contributed by atoms with Crippen LogP contribution in [0.3, 0.4) is 0 Å². The molecule has 1 saturated heterocycles. The van der Waals surface area contributed by atoms with Crippen LogP contribution in [-0.4, -0.2) is 30.1 Å². The zero-order chi connectivity index (χ0) is 11.5. The molecule has 2 nitrogen and oxygen atoms in total. The fourth-order valence-corrected chi connectivity index (χ4v) is 2.84. The van der Waals surface area contributed by atoms with Crippen LogP contribution in [0.15, 0.2) is 0 Å². The Bertz CT molecular complexity index is 177. The molecular formula is C13H28N2. The van der Waals surface area contributed by atoms with Gasteiger partial charge in [-0.3, -0.25) is 0 Å². The molecule has 0 aromatic heterocycles. The van der Waals surface area contributed by atoms with Crippen LogP contribution in [0.5, 0.6) is 0 Å². The van der Waals surface area contributed by atoms with Crippen LogP contribution in [0.4, 0.5) is 0 Å². The van der Waals surface area contributed by atoms with Gasteiger partial charge in [-0.25, -0.2) is 0 Å². The lowest BCUT2D eigenvalue weighted by atomic mass is 9.88. The van der Waals surface area contributed by atoms with Crippen LogP contribution in [0.25, 0.3) is 0 Å². The largest absolute Gasteiger partial charge is 0.324 e. The third-order valence-corrected chi connectivity index (χ3v) is 3.89. The fraction of sp³-hybridized carbons (Fsp3) is 1.00. The molecule has 2 unspecified atom stereocenters. The number of hydrogen-bond acceptors (Lipinski definition) is 2. The monoisotopic (exact) mass is 212 g/mol. The van der Waals surface area contributed by atoms with Crippen molar-refractivity contribution in [1.29, 1.82) is 0 Å². The Balaban J connectivity index is 2.49. The summed E-state index contributed by atoms with van der Waals surface area (Å²) in [5.41, 5.74) is 6.42. The lowest BCUT2D eigenvalue weighted by Crippen LogP contribution is -2.52. The van der Waals surface area contributed by atoms with E-state index in [1.165, 1.54) is 19.5 Å². The lowest BCUT2D eigenvalue weighted by molar-refractivity contribution is 0.109. The van der Waals surface area contributed by atoms with Gasteiger partial charge in [-0.2, -0.15) is 0 Å². The van der Waals surface area contributed by atoms with E-state index in [-0.39, 0.29) is 5.54 Å². The molecule has 1 aliphatic rings. The Kier molecular flexibility index (Phi) is 4.60. The van der Waals surface area contributed by atoms with E-state index in [0.29, 0.717) is 0 Å². The van der Waals surface area contributed by atoms with Gasteiger partial charge in [-0.15, -0.1) is 0 Å². The molecule has 2 N–H and O–H groups in total. The summed E-state index contributed by atoms with van der Waals surface area (Å²) in [6.07, 6.45) is 3.55. The van der Waals surface area contributed by atoms with Gasteiger partial charge in [0.1, 0.15) is 0 Å². The number of nitrogens with two attached hydrogens (primary N) is 1. The van der Waals surface area contributed by atoms with Crippen molar-refractivity contribution < 1.29 is 0 Å². The van der Waals surface area contributed by atoms with E-state index >= 15 is 0 Å². The predicted octanol–water partition coefficient (Wildman–Crippen LogP) is 2.48. The number of piperidine rings is 1. The number of nitrogens with zero attached hydrogens (tertiary/aromatic N) is 1. The molecule has 1 heterocycles. The summed E-state index contributed by atoms with van der Waals surface area (Å²) < 4.78 is 0. The Hall–Kier alpha value is -0.0800. The van der Waals surface area contributed by atoms with Gasteiger partial charge in [0.05, 0.1) is 0 Å². The van der Waals surface area contributed by atoms with Crippen LogP contribution >= 0.6 is 0 Å². The molecule has 15 heavy (non-hydrogen) atoms. The Labute approximate surface area is 95.2 Å². The van der Waals surface area contributed by atoms with Gasteiger partial charge in [0.15, 0.2) is 0 Å². The van der Waals surface area contributed by atoms with E-state index in [0.717, 1.165) is 31.2 Å². The molecule has 0 saturated carbocycles. The van der Waals surface area contributed by atoms with Crippen molar-refractivity contribution in [3.63, 3.8) is 0 Å². The average Bonchev–Trinajstić information content (AvgIpc) is 2.16. The third kappa shape index (κ3) is 3.76.